The molecule has 0 bridgehead atoms. The van der Waals surface area contributed by atoms with Crippen molar-refractivity contribution in [2.75, 3.05) is 26.2 Å². The summed E-state index contributed by atoms with van der Waals surface area (Å²) in [5.41, 5.74) is 1.74. The Kier molecular flexibility index (Phi) is 7.90. The van der Waals surface area contributed by atoms with Crippen LogP contribution in [0.2, 0.25) is 0 Å². The summed E-state index contributed by atoms with van der Waals surface area (Å²) >= 11 is 0. The molecule has 0 radical (unpaired) electrons. The molecule has 4 rings (SSSR count). The Labute approximate surface area is 211 Å². The molecule has 1 aromatic heterocycles. The van der Waals surface area contributed by atoms with Crippen molar-refractivity contribution in [1.82, 2.24) is 9.80 Å². The Morgan fingerprint density at radius 2 is 1.81 bits per heavy atom. The summed E-state index contributed by atoms with van der Waals surface area (Å²) in [7, 11) is 0. The van der Waals surface area contributed by atoms with Crippen LogP contribution in [0.3, 0.4) is 0 Å². The molecule has 7 heteroatoms. The van der Waals surface area contributed by atoms with Gasteiger partial charge >= 0.3 is 0 Å². The van der Waals surface area contributed by atoms with E-state index in [1.807, 2.05) is 54.6 Å². The van der Waals surface area contributed by atoms with Crippen molar-refractivity contribution < 1.29 is 23.8 Å². The van der Waals surface area contributed by atoms with E-state index in [0.717, 1.165) is 18.7 Å². The second-order valence-corrected chi connectivity index (χ2v) is 8.78. The molecule has 0 saturated carbocycles. The van der Waals surface area contributed by atoms with Crippen molar-refractivity contribution >= 4 is 11.7 Å². The maximum atomic E-state index is 13.5. The lowest BCUT2D eigenvalue weighted by molar-refractivity contribution is -0.129. The molecule has 1 unspecified atom stereocenters. The number of carbonyl (C=O) groups excluding carboxylic acids is 2. The smallest absolute Gasteiger partial charge is 0.290 e. The Hall–Kier alpha value is -3.84. The number of hydrogen-bond donors (Lipinski definition) is 1. The predicted octanol–water partition coefficient (Wildman–Crippen LogP) is 5.09. The molecule has 2 aromatic carbocycles. The molecule has 0 fully saturated rings. The fourth-order valence-corrected chi connectivity index (χ4v) is 4.46. The normalized spacial score (nSPS) is 15.7. The van der Waals surface area contributed by atoms with Gasteiger partial charge in [-0.3, -0.25) is 9.59 Å². The number of furan rings is 1. The van der Waals surface area contributed by atoms with Crippen molar-refractivity contribution in [2.24, 2.45) is 0 Å². The Bertz CT molecular complexity index is 1240. The van der Waals surface area contributed by atoms with Crippen LogP contribution in [0.4, 0.5) is 0 Å². The van der Waals surface area contributed by atoms with Gasteiger partial charge in [0.2, 0.25) is 5.78 Å². The first-order valence-corrected chi connectivity index (χ1v) is 12.3. The number of amides is 1. The van der Waals surface area contributed by atoms with E-state index in [4.69, 9.17) is 9.15 Å². The van der Waals surface area contributed by atoms with Gasteiger partial charge in [-0.15, -0.1) is 0 Å². The number of ether oxygens (including phenoxy) is 1. The zero-order chi connectivity index (χ0) is 25.7. The third-order valence-corrected chi connectivity index (χ3v) is 6.49. The number of aryl methyl sites for hydroxylation is 1. The Morgan fingerprint density at radius 1 is 1.06 bits per heavy atom. The highest BCUT2D eigenvalue weighted by molar-refractivity contribution is 6.15. The van der Waals surface area contributed by atoms with Crippen LogP contribution in [0.25, 0.3) is 0 Å². The van der Waals surface area contributed by atoms with E-state index in [9.17, 15) is 14.7 Å². The average Bonchev–Trinajstić information content (AvgIpc) is 3.45. The van der Waals surface area contributed by atoms with Gasteiger partial charge in [0.15, 0.2) is 11.5 Å². The number of ketones is 1. The molecule has 188 valence electrons. The molecule has 1 amide bonds. The molecule has 2 heterocycles. The number of carbonyl (C=O) groups is 2. The SMILES string of the molecule is CCN(CC)CCN1C(=O)C(O)=C(C(=O)c2ccc(C)o2)C1c1cccc(OCc2ccccc2)c1. The molecule has 0 spiro atoms. The number of rotatable bonds is 11. The topological polar surface area (TPSA) is 83.2 Å². The van der Waals surface area contributed by atoms with E-state index < -0.39 is 23.5 Å². The van der Waals surface area contributed by atoms with Crippen molar-refractivity contribution in [3.8, 4) is 5.75 Å². The molecular formula is C29H32N2O5. The summed E-state index contributed by atoms with van der Waals surface area (Å²) in [5, 5.41) is 10.9. The van der Waals surface area contributed by atoms with Gasteiger partial charge in [0.1, 0.15) is 18.1 Å². The minimum atomic E-state index is -0.758. The minimum absolute atomic E-state index is 0.0223. The molecule has 7 nitrogen and oxygen atoms in total. The van der Waals surface area contributed by atoms with E-state index in [2.05, 4.69) is 18.7 Å². The minimum Gasteiger partial charge on any atom is -0.503 e. The maximum absolute atomic E-state index is 13.5. The zero-order valence-electron chi connectivity index (χ0n) is 20.9. The van der Waals surface area contributed by atoms with Gasteiger partial charge in [-0.25, -0.2) is 0 Å². The molecule has 1 aliphatic heterocycles. The first-order valence-electron chi connectivity index (χ1n) is 12.3. The lowest BCUT2D eigenvalue weighted by Gasteiger charge is -2.29. The summed E-state index contributed by atoms with van der Waals surface area (Å²) in [4.78, 5) is 30.4. The average molecular weight is 489 g/mol. The maximum Gasteiger partial charge on any atom is 0.290 e. The van der Waals surface area contributed by atoms with Crippen molar-refractivity contribution in [3.63, 3.8) is 0 Å². The van der Waals surface area contributed by atoms with Gasteiger partial charge in [0.25, 0.3) is 5.91 Å². The van der Waals surface area contributed by atoms with E-state index >= 15 is 0 Å². The van der Waals surface area contributed by atoms with Crippen LogP contribution in [-0.4, -0.2) is 52.8 Å². The standard InChI is InChI=1S/C29H32N2O5/c1-4-30(5-2)16-17-31-26(25(28(33)29(31)34)27(32)24-15-14-20(3)36-24)22-12-9-13-23(18-22)35-19-21-10-7-6-8-11-21/h6-15,18,26,33H,4-5,16-17,19H2,1-3H3. The van der Waals surface area contributed by atoms with Gasteiger partial charge in [0, 0.05) is 13.1 Å². The first kappa shape index (κ1) is 25.3. The van der Waals surface area contributed by atoms with Crippen LogP contribution in [0, 0.1) is 6.92 Å². The second-order valence-electron chi connectivity index (χ2n) is 8.78. The number of Topliss-reactive ketones (excluding diaryl/α,β-unsaturated/α-hetero) is 1. The third kappa shape index (κ3) is 5.36. The quantitative estimate of drug-likeness (QED) is 0.379. The van der Waals surface area contributed by atoms with Crippen molar-refractivity contribution in [1.29, 1.82) is 0 Å². The summed E-state index contributed by atoms with van der Waals surface area (Å²) in [5.74, 6) is -0.314. The molecule has 1 N–H and O–H groups in total. The number of likely N-dealkylation sites (N-methyl/N-ethyl adjacent to an activating group) is 1. The van der Waals surface area contributed by atoms with E-state index in [-0.39, 0.29) is 11.3 Å². The number of aliphatic hydroxyl groups is 1. The van der Waals surface area contributed by atoms with Crippen LogP contribution >= 0.6 is 0 Å². The van der Waals surface area contributed by atoms with E-state index in [0.29, 0.717) is 36.8 Å². The summed E-state index contributed by atoms with van der Waals surface area (Å²) in [6.07, 6.45) is 0. The highest BCUT2D eigenvalue weighted by atomic mass is 16.5. The molecule has 1 aliphatic rings. The van der Waals surface area contributed by atoms with Gasteiger partial charge in [-0.2, -0.15) is 0 Å². The molecule has 1 atom stereocenters. The van der Waals surface area contributed by atoms with Gasteiger partial charge in [-0.1, -0.05) is 56.3 Å². The molecular weight excluding hydrogens is 456 g/mol. The van der Waals surface area contributed by atoms with Crippen molar-refractivity contribution in [3.05, 3.63) is 101 Å². The number of benzene rings is 2. The zero-order valence-corrected chi connectivity index (χ0v) is 20.9. The third-order valence-electron chi connectivity index (χ3n) is 6.49. The first-order chi connectivity index (χ1) is 17.4. The molecule has 3 aromatic rings. The van der Waals surface area contributed by atoms with Crippen LogP contribution < -0.4 is 4.74 Å². The lowest BCUT2D eigenvalue weighted by atomic mass is 9.95. The van der Waals surface area contributed by atoms with Crippen LogP contribution in [0.15, 0.2) is 82.5 Å². The van der Waals surface area contributed by atoms with Gasteiger partial charge in [-0.05, 0) is 55.4 Å². The van der Waals surface area contributed by atoms with E-state index in [1.54, 1.807) is 24.0 Å². The predicted molar refractivity (Wildman–Crippen MR) is 137 cm³/mol. The lowest BCUT2D eigenvalue weighted by Crippen LogP contribution is -2.38. The van der Waals surface area contributed by atoms with Crippen LogP contribution in [0.1, 0.15) is 47.3 Å². The van der Waals surface area contributed by atoms with Gasteiger partial charge < -0.3 is 24.1 Å². The second kappa shape index (κ2) is 11.3. The van der Waals surface area contributed by atoms with Crippen LogP contribution in [0.5, 0.6) is 5.75 Å². The fourth-order valence-electron chi connectivity index (χ4n) is 4.46. The largest absolute Gasteiger partial charge is 0.503 e. The Balaban J connectivity index is 1.67. The van der Waals surface area contributed by atoms with Crippen LogP contribution in [-0.2, 0) is 11.4 Å². The van der Waals surface area contributed by atoms with Gasteiger partial charge in [0.05, 0.1) is 11.6 Å². The summed E-state index contributed by atoms with van der Waals surface area (Å²) < 4.78 is 11.6. The highest BCUT2D eigenvalue weighted by Gasteiger charge is 2.44. The highest BCUT2D eigenvalue weighted by Crippen LogP contribution is 2.40. The molecule has 0 aliphatic carbocycles. The molecule has 0 saturated heterocycles. The molecule has 36 heavy (non-hydrogen) atoms. The summed E-state index contributed by atoms with van der Waals surface area (Å²) in [6, 6.07) is 19.7. The Morgan fingerprint density at radius 3 is 2.47 bits per heavy atom. The summed E-state index contributed by atoms with van der Waals surface area (Å²) in [6.45, 7) is 8.90. The number of aliphatic hydroxyl groups excluding tert-OH is 1. The number of nitrogens with zero attached hydrogens (tertiary/aromatic N) is 2. The monoisotopic (exact) mass is 488 g/mol. The van der Waals surface area contributed by atoms with E-state index in [1.165, 1.54) is 0 Å². The number of hydrogen-bond acceptors (Lipinski definition) is 6. The fraction of sp³-hybridized carbons (Fsp3) is 0.310. The van der Waals surface area contributed by atoms with Crippen molar-refractivity contribution in [2.45, 2.75) is 33.4 Å².